The van der Waals surface area contributed by atoms with Crippen molar-refractivity contribution in [2.24, 2.45) is 5.92 Å². The summed E-state index contributed by atoms with van der Waals surface area (Å²) in [5.41, 5.74) is 1.50. The summed E-state index contributed by atoms with van der Waals surface area (Å²) in [5, 5.41) is 3.86. The van der Waals surface area contributed by atoms with Crippen LogP contribution < -0.4 is 29.2 Å². The van der Waals surface area contributed by atoms with Crippen molar-refractivity contribution in [2.45, 2.75) is 0 Å². The molecule has 30 heavy (non-hydrogen) atoms. The zero-order valence-electron chi connectivity index (χ0n) is 17.2. The van der Waals surface area contributed by atoms with Crippen LogP contribution in [0, 0.1) is 5.92 Å². The molecule has 4 rings (SSSR count). The van der Waals surface area contributed by atoms with E-state index in [9.17, 15) is 4.79 Å². The first-order valence-electron chi connectivity index (χ1n) is 9.36. The van der Waals surface area contributed by atoms with Crippen LogP contribution in [0.5, 0.6) is 23.0 Å². The van der Waals surface area contributed by atoms with Gasteiger partial charge in [0.2, 0.25) is 11.7 Å². The Balaban J connectivity index is 1.42. The number of carbonyl (C=O) groups is 1. The molecule has 2 aromatic carbocycles. The molecule has 0 saturated carbocycles. The largest absolute Gasteiger partial charge is 0.497 e. The molecular weight excluding hydrogens is 406 g/mol. The number of anilines is 2. The van der Waals surface area contributed by atoms with Gasteiger partial charge in [0.15, 0.2) is 16.6 Å². The van der Waals surface area contributed by atoms with E-state index in [0.29, 0.717) is 36.0 Å². The van der Waals surface area contributed by atoms with Crippen LogP contribution in [0.15, 0.2) is 30.3 Å². The molecule has 2 heterocycles. The summed E-state index contributed by atoms with van der Waals surface area (Å²) in [6.45, 7) is 1.24. The molecular formula is C21H23N3O5S. The first kappa shape index (κ1) is 20.1. The Bertz CT molecular complexity index is 1050. The number of fused-ring (bicyclic) bond motifs is 1. The first-order chi connectivity index (χ1) is 14.6. The number of nitrogens with zero attached hydrogens (tertiary/aromatic N) is 2. The molecule has 1 saturated heterocycles. The zero-order chi connectivity index (χ0) is 21.3. The van der Waals surface area contributed by atoms with Gasteiger partial charge in [0.05, 0.1) is 44.6 Å². The van der Waals surface area contributed by atoms with Crippen LogP contribution in [0.2, 0.25) is 0 Å². The van der Waals surface area contributed by atoms with Crippen LogP contribution in [-0.4, -0.2) is 52.4 Å². The van der Waals surface area contributed by atoms with E-state index in [0.717, 1.165) is 21.1 Å². The highest BCUT2D eigenvalue weighted by Gasteiger charge is 2.34. The van der Waals surface area contributed by atoms with Crippen LogP contribution in [0.25, 0.3) is 10.2 Å². The highest BCUT2D eigenvalue weighted by molar-refractivity contribution is 7.22. The molecule has 0 bridgehead atoms. The molecule has 1 N–H and O–H groups in total. The number of rotatable bonds is 7. The summed E-state index contributed by atoms with van der Waals surface area (Å²) in [7, 11) is 6.27. The fourth-order valence-electron chi connectivity index (χ4n) is 3.36. The Morgan fingerprint density at radius 2 is 1.73 bits per heavy atom. The van der Waals surface area contributed by atoms with Gasteiger partial charge in [-0.25, -0.2) is 4.98 Å². The Labute approximate surface area is 178 Å². The maximum absolute atomic E-state index is 12.7. The Hall–Kier alpha value is -3.20. The number of aromatic nitrogens is 1. The molecule has 0 radical (unpaired) electrons. The van der Waals surface area contributed by atoms with Crippen molar-refractivity contribution in [2.75, 3.05) is 51.7 Å². The zero-order valence-corrected chi connectivity index (χ0v) is 18.0. The van der Waals surface area contributed by atoms with Crippen LogP contribution in [-0.2, 0) is 4.79 Å². The van der Waals surface area contributed by atoms with E-state index in [2.05, 4.69) is 15.2 Å². The normalized spacial score (nSPS) is 13.7. The summed E-state index contributed by atoms with van der Waals surface area (Å²) in [6.07, 6.45) is 0. The van der Waals surface area contributed by atoms with Crippen LogP contribution in [0.1, 0.15) is 0 Å². The molecule has 1 aliphatic rings. The molecule has 0 spiro atoms. The van der Waals surface area contributed by atoms with Crippen molar-refractivity contribution in [3.63, 3.8) is 0 Å². The third kappa shape index (κ3) is 3.68. The molecule has 0 aliphatic carbocycles. The minimum atomic E-state index is -0.120. The van der Waals surface area contributed by atoms with Gasteiger partial charge in [-0.2, -0.15) is 0 Å². The molecule has 0 unspecified atom stereocenters. The minimum absolute atomic E-state index is 0.0525. The lowest BCUT2D eigenvalue weighted by molar-refractivity contribution is -0.120. The lowest BCUT2D eigenvalue weighted by atomic mass is 10.00. The molecule has 8 nitrogen and oxygen atoms in total. The second-order valence-corrected chi connectivity index (χ2v) is 7.84. The molecule has 158 valence electrons. The number of hydrogen-bond donors (Lipinski definition) is 1. The van der Waals surface area contributed by atoms with E-state index in [4.69, 9.17) is 18.9 Å². The SMILES string of the molecule is COc1ccc2sc(N3CC(C(=O)Nc4cc(OC)c(OC)c(OC)c4)C3)nc2c1. The maximum atomic E-state index is 12.7. The summed E-state index contributed by atoms with van der Waals surface area (Å²) in [4.78, 5) is 19.5. The Morgan fingerprint density at radius 3 is 2.33 bits per heavy atom. The van der Waals surface area contributed by atoms with Gasteiger partial charge in [-0.3, -0.25) is 4.79 Å². The van der Waals surface area contributed by atoms with Gasteiger partial charge in [-0.05, 0) is 12.1 Å². The monoisotopic (exact) mass is 429 g/mol. The lowest BCUT2D eigenvalue weighted by Gasteiger charge is -2.37. The van der Waals surface area contributed by atoms with Gasteiger partial charge >= 0.3 is 0 Å². The molecule has 1 amide bonds. The number of benzene rings is 2. The average Bonchev–Trinajstić information content (AvgIpc) is 3.14. The van der Waals surface area contributed by atoms with E-state index in [1.54, 1.807) is 51.9 Å². The predicted molar refractivity (Wildman–Crippen MR) is 117 cm³/mol. The Morgan fingerprint density at radius 1 is 1.03 bits per heavy atom. The Kier molecular flexibility index (Phi) is 5.54. The van der Waals surface area contributed by atoms with Gasteiger partial charge in [-0.1, -0.05) is 11.3 Å². The van der Waals surface area contributed by atoms with Crippen molar-refractivity contribution in [1.29, 1.82) is 0 Å². The summed E-state index contributed by atoms with van der Waals surface area (Å²) >= 11 is 1.61. The lowest BCUT2D eigenvalue weighted by Crippen LogP contribution is -2.52. The van der Waals surface area contributed by atoms with Crippen LogP contribution in [0.3, 0.4) is 0 Å². The van der Waals surface area contributed by atoms with Crippen molar-refractivity contribution in [3.05, 3.63) is 30.3 Å². The van der Waals surface area contributed by atoms with Crippen molar-refractivity contribution >= 4 is 38.3 Å². The van der Waals surface area contributed by atoms with Crippen LogP contribution in [0.4, 0.5) is 10.8 Å². The smallest absolute Gasteiger partial charge is 0.231 e. The molecule has 9 heteroatoms. The van der Waals surface area contributed by atoms with Gasteiger partial charge in [0, 0.05) is 37.0 Å². The second kappa shape index (κ2) is 8.27. The molecule has 0 atom stereocenters. The quantitative estimate of drug-likeness (QED) is 0.616. The number of hydrogen-bond acceptors (Lipinski definition) is 8. The summed E-state index contributed by atoms with van der Waals surface area (Å²) in [5.74, 6) is 2.08. The van der Waals surface area contributed by atoms with Crippen molar-refractivity contribution in [3.8, 4) is 23.0 Å². The van der Waals surface area contributed by atoms with Crippen molar-refractivity contribution in [1.82, 2.24) is 4.98 Å². The van der Waals surface area contributed by atoms with Gasteiger partial charge in [0.1, 0.15) is 5.75 Å². The second-order valence-electron chi connectivity index (χ2n) is 6.84. The molecule has 1 fully saturated rings. The maximum Gasteiger partial charge on any atom is 0.231 e. The minimum Gasteiger partial charge on any atom is -0.497 e. The summed E-state index contributed by atoms with van der Waals surface area (Å²) in [6, 6.07) is 9.29. The topological polar surface area (TPSA) is 82.2 Å². The molecule has 1 aliphatic heterocycles. The highest BCUT2D eigenvalue weighted by Crippen LogP contribution is 2.40. The first-order valence-corrected chi connectivity index (χ1v) is 10.2. The fourth-order valence-corrected chi connectivity index (χ4v) is 4.32. The predicted octanol–water partition coefficient (Wildman–Crippen LogP) is 3.41. The average molecular weight is 429 g/mol. The number of amides is 1. The number of nitrogens with one attached hydrogen (secondary N) is 1. The van der Waals surface area contributed by atoms with Crippen molar-refractivity contribution < 1.29 is 23.7 Å². The van der Waals surface area contributed by atoms with E-state index < -0.39 is 0 Å². The van der Waals surface area contributed by atoms with E-state index in [1.165, 1.54) is 0 Å². The number of thiazole rings is 1. The number of ether oxygens (including phenoxy) is 4. The van der Waals surface area contributed by atoms with Gasteiger partial charge in [-0.15, -0.1) is 0 Å². The summed E-state index contributed by atoms with van der Waals surface area (Å²) < 4.78 is 22.4. The van der Waals surface area contributed by atoms with Crippen LogP contribution >= 0.6 is 11.3 Å². The highest BCUT2D eigenvalue weighted by atomic mass is 32.1. The van der Waals surface area contributed by atoms with Gasteiger partial charge < -0.3 is 29.2 Å². The standard InChI is InChI=1S/C21H23N3O5S/c1-26-14-5-6-18-15(9-14)23-21(30-18)24-10-12(11-24)20(25)22-13-7-16(27-2)19(29-4)17(8-13)28-3/h5-9,12H,10-11H2,1-4H3,(H,22,25). The van der Waals surface area contributed by atoms with E-state index >= 15 is 0 Å². The number of carbonyl (C=O) groups excluding carboxylic acids is 1. The van der Waals surface area contributed by atoms with E-state index in [-0.39, 0.29) is 11.8 Å². The molecule has 1 aromatic heterocycles. The van der Waals surface area contributed by atoms with E-state index in [1.807, 2.05) is 18.2 Å². The third-order valence-electron chi connectivity index (χ3n) is 5.04. The van der Waals surface area contributed by atoms with Gasteiger partial charge in [0.25, 0.3) is 0 Å². The molecule has 3 aromatic rings. The fraction of sp³-hybridized carbons (Fsp3) is 0.333. The third-order valence-corrected chi connectivity index (χ3v) is 6.14. The number of methoxy groups -OCH3 is 4.